The molecule has 1 aliphatic carbocycles. The summed E-state index contributed by atoms with van der Waals surface area (Å²) in [6.45, 7) is 3.95. The maximum Gasteiger partial charge on any atom is 0.406 e. The fraction of sp³-hybridized carbons (Fsp3) is 0.704. The molecule has 4 unspecified atom stereocenters. The van der Waals surface area contributed by atoms with Gasteiger partial charge in [0.25, 0.3) is 0 Å². The van der Waals surface area contributed by atoms with Gasteiger partial charge in [-0.15, -0.1) is 0 Å². The molecule has 200 valence electrons. The molecule has 2 heterocycles. The van der Waals surface area contributed by atoms with Gasteiger partial charge < -0.3 is 30.3 Å². The highest BCUT2D eigenvalue weighted by atomic mass is 35.5. The molecule has 3 fully saturated rings. The largest absolute Gasteiger partial charge is 0.453 e. The second kappa shape index (κ2) is 13.5. The van der Waals surface area contributed by atoms with Gasteiger partial charge in [0, 0.05) is 43.2 Å². The smallest absolute Gasteiger partial charge is 0.406 e. The summed E-state index contributed by atoms with van der Waals surface area (Å²) in [7, 11) is 1.34. The molecule has 3 aliphatic rings. The van der Waals surface area contributed by atoms with Crippen LogP contribution in [-0.2, 0) is 9.47 Å². The number of likely N-dealkylation sites (tertiary alicyclic amines) is 1. The summed E-state index contributed by atoms with van der Waals surface area (Å²) in [5.41, 5.74) is 0.991. The minimum atomic E-state index is -0.480. The van der Waals surface area contributed by atoms with Gasteiger partial charge in [-0.2, -0.15) is 0 Å². The molecule has 0 aromatic heterocycles. The summed E-state index contributed by atoms with van der Waals surface area (Å²) >= 11 is 6.29. The van der Waals surface area contributed by atoms with Gasteiger partial charge in [0.05, 0.1) is 19.8 Å². The van der Waals surface area contributed by atoms with Crippen LogP contribution in [-0.4, -0.2) is 69.5 Å². The predicted octanol–water partition coefficient (Wildman–Crippen LogP) is 4.34. The Morgan fingerprint density at radius 2 is 2.08 bits per heavy atom. The Hall–Kier alpha value is -2.03. The molecular formula is C27H41ClN4O4. The lowest BCUT2D eigenvalue weighted by molar-refractivity contribution is -0.00880. The number of nitrogens with one attached hydrogen (secondary N) is 3. The third-order valence-corrected chi connectivity index (χ3v) is 8.23. The summed E-state index contributed by atoms with van der Waals surface area (Å²) in [5, 5.41) is 10.2. The van der Waals surface area contributed by atoms with Gasteiger partial charge >= 0.3 is 12.1 Å². The summed E-state index contributed by atoms with van der Waals surface area (Å²) in [6.07, 6.45) is 7.60. The van der Waals surface area contributed by atoms with E-state index < -0.39 is 6.09 Å². The molecule has 3 N–H and O–H groups in total. The molecule has 1 saturated carbocycles. The normalized spacial score (nSPS) is 25.5. The van der Waals surface area contributed by atoms with E-state index in [1.807, 2.05) is 29.2 Å². The third-order valence-electron chi connectivity index (χ3n) is 8.00. The van der Waals surface area contributed by atoms with E-state index in [0.717, 1.165) is 50.4 Å². The number of ether oxygens (including phenoxy) is 2. The van der Waals surface area contributed by atoms with Crippen molar-refractivity contribution < 1.29 is 19.1 Å². The lowest BCUT2D eigenvalue weighted by atomic mass is 9.75. The van der Waals surface area contributed by atoms with E-state index in [1.165, 1.54) is 32.8 Å². The fourth-order valence-corrected chi connectivity index (χ4v) is 6.01. The second-order valence-electron chi connectivity index (χ2n) is 10.5. The van der Waals surface area contributed by atoms with Crippen molar-refractivity contribution in [1.29, 1.82) is 0 Å². The summed E-state index contributed by atoms with van der Waals surface area (Å²) in [4.78, 5) is 26.7. The molecule has 8 nitrogen and oxygen atoms in total. The van der Waals surface area contributed by atoms with Crippen molar-refractivity contribution >= 4 is 23.7 Å². The predicted molar refractivity (Wildman–Crippen MR) is 140 cm³/mol. The average molecular weight is 521 g/mol. The second-order valence-corrected chi connectivity index (χ2v) is 10.9. The zero-order valence-electron chi connectivity index (χ0n) is 21.3. The van der Waals surface area contributed by atoms with Crippen LogP contribution in [0.25, 0.3) is 0 Å². The molecule has 4 atom stereocenters. The number of nitrogens with zero attached hydrogens (tertiary/aromatic N) is 1. The number of hydrogen-bond donors (Lipinski definition) is 3. The van der Waals surface area contributed by atoms with Gasteiger partial charge in [0.1, 0.15) is 0 Å². The Balaban J connectivity index is 1.37. The lowest BCUT2D eigenvalue weighted by Gasteiger charge is -2.40. The number of carbonyl (C=O) groups excluding carboxylic acids is 2. The number of methoxy groups -OCH3 is 1. The van der Waals surface area contributed by atoms with E-state index in [2.05, 4.69) is 20.7 Å². The minimum Gasteiger partial charge on any atom is -0.453 e. The number of urea groups is 1. The molecule has 4 rings (SSSR count). The molecule has 0 spiro atoms. The van der Waals surface area contributed by atoms with Crippen molar-refractivity contribution in [2.75, 3.05) is 46.4 Å². The molecule has 0 radical (unpaired) electrons. The third kappa shape index (κ3) is 7.49. The van der Waals surface area contributed by atoms with Crippen LogP contribution >= 0.6 is 11.6 Å². The minimum absolute atomic E-state index is 0.0317. The highest BCUT2D eigenvalue weighted by molar-refractivity contribution is 6.30. The maximum absolute atomic E-state index is 13.4. The van der Waals surface area contributed by atoms with Crippen molar-refractivity contribution in [3.05, 3.63) is 34.9 Å². The van der Waals surface area contributed by atoms with Gasteiger partial charge in [0.2, 0.25) is 0 Å². The summed E-state index contributed by atoms with van der Waals surface area (Å²) in [5.74, 6) is 1.54. The van der Waals surface area contributed by atoms with Crippen LogP contribution in [0.3, 0.4) is 0 Å². The number of piperidine rings is 2. The summed E-state index contributed by atoms with van der Waals surface area (Å²) < 4.78 is 10.9. The number of rotatable bonds is 9. The first-order valence-corrected chi connectivity index (χ1v) is 13.9. The van der Waals surface area contributed by atoms with Crippen molar-refractivity contribution in [1.82, 2.24) is 20.9 Å². The first-order chi connectivity index (χ1) is 17.5. The molecule has 9 heteroatoms. The zero-order valence-corrected chi connectivity index (χ0v) is 22.1. The SMILES string of the molecule is COC(=O)NCCOC(c1cccc(Cl)c1)C1CCCN(C(=O)NC2CNCCC2CC2CCC2)C1. The van der Waals surface area contributed by atoms with E-state index in [9.17, 15) is 9.59 Å². The molecule has 1 aromatic carbocycles. The Morgan fingerprint density at radius 1 is 1.22 bits per heavy atom. The first-order valence-electron chi connectivity index (χ1n) is 13.5. The van der Waals surface area contributed by atoms with Crippen LogP contribution in [0.1, 0.15) is 56.6 Å². The highest BCUT2D eigenvalue weighted by Crippen LogP contribution is 2.36. The number of alkyl carbamates (subject to hydrolysis) is 1. The number of carbonyl (C=O) groups is 2. The average Bonchev–Trinajstić information content (AvgIpc) is 2.87. The van der Waals surface area contributed by atoms with Crippen molar-refractivity contribution in [3.8, 4) is 0 Å². The van der Waals surface area contributed by atoms with Crippen LogP contribution in [0.4, 0.5) is 9.59 Å². The van der Waals surface area contributed by atoms with Crippen molar-refractivity contribution in [2.24, 2.45) is 17.8 Å². The number of hydrogen-bond acceptors (Lipinski definition) is 5. The Labute approximate surface area is 219 Å². The first kappa shape index (κ1) is 27.0. The van der Waals surface area contributed by atoms with Crippen LogP contribution in [0.15, 0.2) is 24.3 Å². The molecule has 3 amide bonds. The van der Waals surface area contributed by atoms with Gasteiger partial charge in [-0.1, -0.05) is 43.0 Å². The Morgan fingerprint density at radius 3 is 2.83 bits per heavy atom. The molecule has 2 aliphatic heterocycles. The van der Waals surface area contributed by atoms with Crippen LogP contribution in [0, 0.1) is 17.8 Å². The molecule has 0 bridgehead atoms. The maximum atomic E-state index is 13.4. The van der Waals surface area contributed by atoms with E-state index in [0.29, 0.717) is 30.6 Å². The Kier molecular flexibility index (Phi) is 10.1. The molecule has 1 aromatic rings. The monoisotopic (exact) mass is 520 g/mol. The Bertz CT molecular complexity index is 868. The quantitative estimate of drug-likeness (QED) is 0.421. The van der Waals surface area contributed by atoms with E-state index in [1.54, 1.807) is 0 Å². The van der Waals surface area contributed by atoms with Crippen LogP contribution in [0.5, 0.6) is 0 Å². The number of benzene rings is 1. The van der Waals surface area contributed by atoms with Crippen LogP contribution in [0.2, 0.25) is 5.02 Å². The van der Waals surface area contributed by atoms with E-state index in [4.69, 9.17) is 16.3 Å². The van der Waals surface area contributed by atoms with Crippen LogP contribution < -0.4 is 16.0 Å². The number of amides is 3. The molecular weight excluding hydrogens is 480 g/mol. The fourth-order valence-electron chi connectivity index (χ4n) is 5.81. The van der Waals surface area contributed by atoms with Gasteiger partial charge in [0.15, 0.2) is 0 Å². The topological polar surface area (TPSA) is 91.9 Å². The van der Waals surface area contributed by atoms with E-state index >= 15 is 0 Å². The van der Waals surface area contributed by atoms with Gasteiger partial charge in [-0.25, -0.2) is 9.59 Å². The highest BCUT2D eigenvalue weighted by Gasteiger charge is 2.34. The van der Waals surface area contributed by atoms with Gasteiger partial charge in [-0.05, 0) is 61.8 Å². The van der Waals surface area contributed by atoms with Crippen molar-refractivity contribution in [3.63, 3.8) is 0 Å². The molecule has 2 saturated heterocycles. The molecule has 36 heavy (non-hydrogen) atoms. The van der Waals surface area contributed by atoms with Crippen molar-refractivity contribution in [2.45, 2.75) is 57.1 Å². The zero-order chi connectivity index (χ0) is 25.3. The van der Waals surface area contributed by atoms with Gasteiger partial charge in [-0.3, -0.25) is 0 Å². The van der Waals surface area contributed by atoms with E-state index in [-0.39, 0.29) is 24.1 Å². The standard InChI is InChI=1S/C27H41ClN4O4/c1-35-27(34)30-12-14-36-25(21-7-3-9-23(28)16-21)22-8-4-13-32(18-22)26(33)31-24-17-29-11-10-20(24)15-19-5-2-6-19/h3,7,9,16,19-20,22,24-25,29H,2,4-6,8,10-15,17-18H2,1H3,(H,30,34)(H,31,33). The number of halogens is 1. The summed E-state index contributed by atoms with van der Waals surface area (Å²) in [6, 6.07) is 7.94. The lowest BCUT2D eigenvalue weighted by Crippen LogP contribution is -2.56.